The third-order valence-electron chi connectivity index (χ3n) is 3.52. The van der Waals surface area contributed by atoms with E-state index in [4.69, 9.17) is 22.1 Å². The molecule has 0 atom stereocenters. The Morgan fingerprint density at radius 3 is 2.77 bits per heavy atom. The molecule has 0 saturated carbocycles. The first-order valence-electron chi connectivity index (χ1n) is 6.65. The van der Waals surface area contributed by atoms with Gasteiger partial charge in [0.2, 0.25) is 5.95 Å². The molecule has 0 amide bonds. The van der Waals surface area contributed by atoms with Crippen LogP contribution in [0.1, 0.15) is 16.8 Å². The Morgan fingerprint density at radius 2 is 2.05 bits per heavy atom. The standard InChI is InChI=1S/C14H15ClN6O/c1-7-4-17-10(8(2)11(7)22-3)6-21-13-9(5-18-21)12(15)19-14(16)20-13/h4-5H,6H2,1-3H3,(H2,16,19,20). The quantitative estimate of drug-likeness (QED) is 0.744. The molecule has 3 aromatic rings. The number of methoxy groups -OCH3 is 1. The van der Waals surface area contributed by atoms with Crippen molar-refractivity contribution in [1.82, 2.24) is 24.7 Å². The number of nitrogen functional groups attached to an aromatic ring is 1. The monoisotopic (exact) mass is 318 g/mol. The molecule has 0 radical (unpaired) electrons. The van der Waals surface area contributed by atoms with E-state index in [1.807, 2.05) is 13.8 Å². The van der Waals surface area contributed by atoms with Crippen LogP contribution in [0.25, 0.3) is 11.0 Å². The molecular weight excluding hydrogens is 304 g/mol. The summed E-state index contributed by atoms with van der Waals surface area (Å²) in [4.78, 5) is 12.6. The lowest BCUT2D eigenvalue weighted by atomic mass is 10.1. The zero-order valence-corrected chi connectivity index (χ0v) is 13.2. The number of aromatic nitrogens is 5. The average molecular weight is 319 g/mol. The summed E-state index contributed by atoms with van der Waals surface area (Å²) in [6, 6.07) is 0. The van der Waals surface area contributed by atoms with Gasteiger partial charge in [0, 0.05) is 17.3 Å². The summed E-state index contributed by atoms with van der Waals surface area (Å²) in [6.07, 6.45) is 3.40. The largest absolute Gasteiger partial charge is 0.496 e. The highest BCUT2D eigenvalue weighted by Gasteiger charge is 2.14. The van der Waals surface area contributed by atoms with E-state index < -0.39 is 0 Å². The van der Waals surface area contributed by atoms with Gasteiger partial charge < -0.3 is 10.5 Å². The normalized spacial score (nSPS) is 11.1. The highest BCUT2D eigenvalue weighted by atomic mass is 35.5. The van der Waals surface area contributed by atoms with Crippen molar-refractivity contribution in [2.24, 2.45) is 0 Å². The molecule has 3 aromatic heterocycles. The van der Waals surface area contributed by atoms with Crippen LogP contribution in [-0.2, 0) is 6.54 Å². The van der Waals surface area contributed by atoms with Crippen LogP contribution in [0.3, 0.4) is 0 Å². The highest BCUT2D eigenvalue weighted by molar-refractivity contribution is 6.34. The van der Waals surface area contributed by atoms with Crippen LogP contribution in [0.5, 0.6) is 5.75 Å². The Bertz CT molecular complexity index is 860. The summed E-state index contributed by atoms with van der Waals surface area (Å²) >= 11 is 6.06. The van der Waals surface area contributed by atoms with Crippen molar-refractivity contribution < 1.29 is 4.74 Å². The zero-order chi connectivity index (χ0) is 15.9. The molecule has 0 spiro atoms. The van der Waals surface area contributed by atoms with Gasteiger partial charge in [-0.05, 0) is 13.8 Å². The fourth-order valence-corrected chi connectivity index (χ4v) is 2.64. The summed E-state index contributed by atoms with van der Waals surface area (Å²) in [7, 11) is 1.65. The molecule has 0 fully saturated rings. The van der Waals surface area contributed by atoms with Crippen LogP contribution < -0.4 is 10.5 Å². The number of aryl methyl sites for hydroxylation is 1. The maximum atomic E-state index is 6.06. The molecule has 0 aliphatic heterocycles. The van der Waals surface area contributed by atoms with Crippen molar-refractivity contribution in [1.29, 1.82) is 0 Å². The molecule has 0 bridgehead atoms. The van der Waals surface area contributed by atoms with Crippen LogP contribution in [0.4, 0.5) is 5.95 Å². The number of pyridine rings is 1. The molecule has 2 N–H and O–H groups in total. The molecule has 8 heteroatoms. The number of nitrogens with zero attached hydrogens (tertiary/aromatic N) is 5. The van der Waals surface area contributed by atoms with Gasteiger partial charge in [0.15, 0.2) is 5.65 Å². The zero-order valence-electron chi connectivity index (χ0n) is 12.5. The molecule has 7 nitrogen and oxygen atoms in total. The summed E-state index contributed by atoms with van der Waals surface area (Å²) in [5.41, 5.74) is 9.05. The Morgan fingerprint density at radius 1 is 1.27 bits per heavy atom. The van der Waals surface area contributed by atoms with Gasteiger partial charge in [0.25, 0.3) is 0 Å². The van der Waals surface area contributed by atoms with E-state index in [1.54, 1.807) is 24.2 Å². The van der Waals surface area contributed by atoms with Crippen molar-refractivity contribution in [3.8, 4) is 5.75 Å². The van der Waals surface area contributed by atoms with Crippen molar-refractivity contribution >= 4 is 28.6 Å². The van der Waals surface area contributed by atoms with E-state index >= 15 is 0 Å². The highest BCUT2D eigenvalue weighted by Crippen LogP contribution is 2.26. The minimum atomic E-state index is 0.116. The topological polar surface area (TPSA) is 91.7 Å². The van der Waals surface area contributed by atoms with E-state index in [1.165, 1.54) is 0 Å². The molecule has 22 heavy (non-hydrogen) atoms. The van der Waals surface area contributed by atoms with Crippen molar-refractivity contribution in [3.05, 3.63) is 34.4 Å². The molecule has 0 aromatic carbocycles. The maximum absolute atomic E-state index is 6.06. The van der Waals surface area contributed by atoms with Crippen LogP contribution >= 0.6 is 11.6 Å². The van der Waals surface area contributed by atoms with Crippen LogP contribution in [0.15, 0.2) is 12.4 Å². The van der Waals surface area contributed by atoms with Gasteiger partial charge in [0.1, 0.15) is 10.9 Å². The predicted octanol–water partition coefficient (Wildman–Crippen LogP) is 2.13. The van der Waals surface area contributed by atoms with Gasteiger partial charge in [-0.25, -0.2) is 9.67 Å². The van der Waals surface area contributed by atoms with Gasteiger partial charge >= 0.3 is 0 Å². The number of hydrogen-bond donors (Lipinski definition) is 1. The van der Waals surface area contributed by atoms with E-state index in [-0.39, 0.29) is 5.95 Å². The SMILES string of the molecule is COc1c(C)cnc(Cn2ncc3c(Cl)nc(N)nc32)c1C. The van der Waals surface area contributed by atoms with Crippen molar-refractivity contribution in [2.45, 2.75) is 20.4 Å². The second-order valence-electron chi connectivity index (χ2n) is 4.96. The smallest absolute Gasteiger partial charge is 0.223 e. The molecule has 0 unspecified atom stereocenters. The molecular formula is C14H15ClN6O. The number of fused-ring (bicyclic) bond motifs is 1. The Hall–Kier alpha value is -2.41. The van der Waals surface area contributed by atoms with Gasteiger partial charge in [-0.2, -0.15) is 10.1 Å². The number of ether oxygens (including phenoxy) is 1. The first-order valence-corrected chi connectivity index (χ1v) is 7.02. The number of hydrogen-bond acceptors (Lipinski definition) is 6. The molecule has 3 heterocycles. The predicted molar refractivity (Wildman–Crippen MR) is 84.1 cm³/mol. The molecule has 114 valence electrons. The average Bonchev–Trinajstić information content (AvgIpc) is 2.86. The maximum Gasteiger partial charge on any atom is 0.223 e. The minimum absolute atomic E-state index is 0.116. The van der Waals surface area contributed by atoms with E-state index in [0.717, 1.165) is 22.6 Å². The Balaban J connectivity index is 2.08. The number of nitrogens with two attached hydrogens (primary N) is 1. The van der Waals surface area contributed by atoms with Crippen LogP contribution in [-0.4, -0.2) is 31.8 Å². The van der Waals surface area contributed by atoms with E-state index in [0.29, 0.717) is 22.7 Å². The number of rotatable bonds is 3. The Kier molecular flexibility index (Phi) is 3.58. The van der Waals surface area contributed by atoms with Crippen molar-refractivity contribution in [2.75, 3.05) is 12.8 Å². The van der Waals surface area contributed by atoms with Gasteiger partial charge in [-0.15, -0.1) is 0 Å². The summed E-state index contributed by atoms with van der Waals surface area (Å²) in [6.45, 7) is 4.37. The van der Waals surface area contributed by atoms with Crippen molar-refractivity contribution in [3.63, 3.8) is 0 Å². The Labute approximate surface area is 132 Å². The molecule has 0 aliphatic carbocycles. The lowest BCUT2D eigenvalue weighted by Crippen LogP contribution is -2.08. The first kappa shape index (κ1) is 14.5. The number of anilines is 1. The van der Waals surface area contributed by atoms with Gasteiger partial charge in [-0.3, -0.25) is 4.98 Å². The molecule has 0 saturated heterocycles. The summed E-state index contributed by atoms with van der Waals surface area (Å²) in [5.74, 6) is 0.944. The van der Waals surface area contributed by atoms with E-state index in [2.05, 4.69) is 20.1 Å². The third-order valence-corrected chi connectivity index (χ3v) is 3.80. The third kappa shape index (κ3) is 2.33. The second kappa shape index (κ2) is 5.42. The first-order chi connectivity index (χ1) is 10.5. The van der Waals surface area contributed by atoms with Crippen LogP contribution in [0.2, 0.25) is 5.15 Å². The summed E-state index contributed by atoms with van der Waals surface area (Å²) in [5, 5.41) is 5.26. The minimum Gasteiger partial charge on any atom is -0.496 e. The lowest BCUT2D eigenvalue weighted by Gasteiger charge is -2.12. The van der Waals surface area contributed by atoms with Gasteiger partial charge in [0.05, 0.1) is 30.9 Å². The molecule has 3 rings (SSSR count). The van der Waals surface area contributed by atoms with E-state index in [9.17, 15) is 0 Å². The van der Waals surface area contributed by atoms with Gasteiger partial charge in [-0.1, -0.05) is 11.6 Å². The number of halogens is 1. The summed E-state index contributed by atoms with van der Waals surface area (Å²) < 4.78 is 7.12. The second-order valence-corrected chi connectivity index (χ2v) is 5.32. The van der Waals surface area contributed by atoms with Crippen LogP contribution in [0, 0.1) is 13.8 Å². The molecule has 0 aliphatic rings. The fourth-order valence-electron chi connectivity index (χ4n) is 2.42. The lowest BCUT2D eigenvalue weighted by molar-refractivity contribution is 0.406. The fraction of sp³-hybridized carbons (Fsp3) is 0.286.